The van der Waals surface area contributed by atoms with Crippen LogP contribution in [-0.2, 0) is 0 Å². The second-order valence-corrected chi connectivity index (χ2v) is 5.13. The molecule has 0 heterocycles. The number of hydrogen-bond donors (Lipinski definition) is 1. The van der Waals surface area contributed by atoms with Gasteiger partial charge in [0.25, 0.3) is 0 Å². The van der Waals surface area contributed by atoms with Crippen LogP contribution in [0.1, 0.15) is 13.8 Å². The van der Waals surface area contributed by atoms with Gasteiger partial charge in [-0.3, -0.25) is 0 Å². The number of nitrogens with one attached hydrogen (secondary N) is 1. The molecule has 0 fully saturated rings. The van der Waals surface area contributed by atoms with E-state index < -0.39 is 0 Å². The summed E-state index contributed by atoms with van der Waals surface area (Å²) in [5, 5.41) is 3.90. The summed E-state index contributed by atoms with van der Waals surface area (Å²) in [4.78, 5) is 2.17. The Morgan fingerprint density at radius 1 is 1.41 bits per heavy atom. The van der Waals surface area contributed by atoms with Crippen LogP contribution >= 0.6 is 11.6 Å². The van der Waals surface area contributed by atoms with Gasteiger partial charge < -0.3 is 15.0 Å². The molecule has 4 heteroatoms. The van der Waals surface area contributed by atoms with Crippen LogP contribution in [0.25, 0.3) is 0 Å². The molecule has 1 N–H and O–H groups in total. The minimum absolute atomic E-state index is 0.00697. The molecule has 0 spiro atoms. The van der Waals surface area contributed by atoms with E-state index in [-0.39, 0.29) is 5.54 Å². The van der Waals surface area contributed by atoms with Crippen LogP contribution in [-0.4, -0.2) is 33.3 Å². The van der Waals surface area contributed by atoms with Gasteiger partial charge in [-0.1, -0.05) is 11.6 Å². The van der Waals surface area contributed by atoms with E-state index in [1.165, 1.54) is 0 Å². The molecule has 0 bridgehead atoms. The highest BCUT2D eigenvalue weighted by atomic mass is 35.5. The average molecular weight is 257 g/mol. The molecular formula is C13H21ClN2O. The lowest BCUT2D eigenvalue weighted by molar-refractivity contribution is 0.414. The van der Waals surface area contributed by atoms with Gasteiger partial charge in [0.1, 0.15) is 5.75 Å². The van der Waals surface area contributed by atoms with Crippen LogP contribution in [0.15, 0.2) is 18.2 Å². The summed E-state index contributed by atoms with van der Waals surface area (Å²) in [6, 6.07) is 5.74. The van der Waals surface area contributed by atoms with E-state index in [0.29, 0.717) is 5.02 Å². The van der Waals surface area contributed by atoms with Gasteiger partial charge in [-0.05, 0) is 33.0 Å². The lowest BCUT2D eigenvalue weighted by Crippen LogP contribution is -2.48. The summed E-state index contributed by atoms with van der Waals surface area (Å²) in [6.45, 7) is 5.22. The highest BCUT2D eigenvalue weighted by Gasteiger charge is 2.24. The number of methoxy groups -OCH3 is 1. The van der Waals surface area contributed by atoms with E-state index >= 15 is 0 Å². The molecule has 1 aromatic rings. The quantitative estimate of drug-likeness (QED) is 0.877. The molecule has 0 radical (unpaired) electrons. The van der Waals surface area contributed by atoms with Gasteiger partial charge in [0.05, 0.1) is 17.8 Å². The first-order chi connectivity index (χ1) is 7.92. The van der Waals surface area contributed by atoms with Crippen LogP contribution in [0.5, 0.6) is 5.75 Å². The Morgan fingerprint density at radius 3 is 2.53 bits per heavy atom. The normalized spacial score (nSPS) is 11.4. The second-order valence-electron chi connectivity index (χ2n) is 4.72. The lowest BCUT2D eigenvalue weighted by atomic mass is 10.0. The molecule has 0 aliphatic rings. The molecule has 1 aromatic carbocycles. The number of benzene rings is 1. The Hall–Kier alpha value is -0.930. The van der Waals surface area contributed by atoms with Crippen LogP contribution in [0.4, 0.5) is 5.69 Å². The topological polar surface area (TPSA) is 24.5 Å². The number of anilines is 1. The molecule has 0 atom stereocenters. The van der Waals surface area contributed by atoms with Crippen molar-refractivity contribution in [2.75, 3.05) is 32.6 Å². The summed E-state index contributed by atoms with van der Waals surface area (Å²) < 4.78 is 5.15. The first kappa shape index (κ1) is 14.1. The minimum atomic E-state index is -0.00697. The van der Waals surface area contributed by atoms with Crippen LogP contribution in [0.3, 0.4) is 0 Å². The Morgan fingerprint density at radius 2 is 2.06 bits per heavy atom. The van der Waals surface area contributed by atoms with Gasteiger partial charge in [-0.25, -0.2) is 0 Å². The van der Waals surface area contributed by atoms with Gasteiger partial charge in [0.15, 0.2) is 0 Å². The first-order valence-electron chi connectivity index (χ1n) is 5.64. The van der Waals surface area contributed by atoms with Crippen LogP contribution in [0, 0.1) is 0 Å². The fourth-order valence-corrected chi connectivity index (χ4v) is 2.06. The maximum Gasteiger partial charge on any atom is 0.120 e. The highest BCUT2D eigenvalue weighted by molar-refractivity contribution is 6.33. The fourth-order valence-electron chi connectivity index (χ4n) is 1.76. The largest absolute Gasteiger partial charge is 0.497 e. The van der Waals surface area contributed by atoms with E-state index in [1.807, 2.05) is 32.3 Å². The Bertz CT molecular complexity index is 380. The van der Waals surface area contributed by atoms with Crippen molar-refractivity contribution in [2.45, 2.75) is 19.4 Å². The van der Waals surface area contributed by atoms with Gasteiger partial charge in [0.2, 0.25) is 0 Å². The molecule has 0 unspecified atom stereocenters. The lowest BCUT2D eigenvalue weighted by Gasteiger charge is -2.38. The summed E-state index contributed by atoms with van der Waals surface area (Å²) in [5.41, 5.74) is 1.00. The summed E-state index contributed by atoms with van der Waals surface area (Å²) in [6.07, 6.45) is 0. The SMILES string of the molecule is CNCC(C)(C)N(C)c1ccc(OC)cc1Cl. The van der Waals surface area contributed by atoms with Gasteiger partial charge in [-0.2, -0.15) is 0 Å². The average Bonchev–Trinajstić information content (AvgIpc) is 2.28. The smallest absolute Gasteiger partial charge is 0.120 e. The molecule has 0 saturated carbocycles. The van der Waals surface area contributed by atoms with Crippen molar-refractivity contribution in [2.24, 2.45) is 0 Å². The number of hydrogen-bond acceptors (Lipinski definition) is 3. The summed E-state index contributed by atoms with van der Waals surface area (Å²) in [7, 11) is 5.64. The molecule has 3 nitrogen and oxygen atoms in total. The van der Waals surface area contributed by atoms with Gasteiger partial charge in [0, 0.05) is 25.2 Å². The molecule has 0 aliphatic heterocycles. The van der Waals surface area contributed by atoms with Crippen LogP contribution in [0.2, 0.25) is 5.02 Å². The van der Waals surface area contributed by atoms with Crippen molar-refractivity contribution in [1.82, 2.24) is 5.32 Å². The third-order valence-corrected chi connectivity index (χ3v) is 3.34. The van der Waals surface area contributed by atoms with Crippen molar-refractivity contribution >= 4 is 17.3 Å². The highest BCUT2D eigenvalue weighted by Crippen LogP contribution is 2.32. The third-order valence-electron chi connectivity index (χ3n) is 3.03. The minimum Gasteiger partial charge on any atom is -0.497 e. The predicted octanol–water partition coefficient (Wildman–Crippen LogP) is 2.78. The van der Waals surface area contributed by atoms with Crippen LogP contribution < -0.4 is 15.0 Å². The van der Waals surface area contributed by atoms with Crippen molar-refractivity contribution in [3.63, 3.8) is 0 Å². The van der Waals surface area contributed by atoms with Crippen molar-refractivity contribution in [3.05, 3.63) is 23.2 Å². The number of nitrogens with zero attached hydrogens (tertiary/aromatic N) is 1. The van der Waals surface area contributed by atoms with Gasteiger partial charge >= 0.3 is 0 Å². The van der Waals surface area contributed by atoms with E-state index in [4.69, 9.17) is 16.3 Å². The zero-order chi connectivity index (χ0) is 13.1. The Labute approximate surface area is 109 Å². The van der Waals surface area contributed by atoms with Crippen molar-refractivity contribution in [3.8, 4) is 5.75 Å². The number of ether oxygens (including phenoxy) is 1. The molecule has 1 rings (SSSR count). The molecule has 0 aliphatic carbocycles. The van der Waals surface area contributed by atoms with E-state index in [2.05, 4.69) is 24.1 Å². The fraction of sp³-hybridized carbons (Fsp3) is 0.538. The molecule has 17 heavy (non-hydrogen) atoms. The van der Waals surface area contributed by atoms with E-state index in [9.17, 15) is 0 Å². The maximum absolute atomic E-state index is 6.27. The Kier molecular flexibility index (Phi) is 4.66. The third kappa shape index (κ3) is 3.27. The number of rotatable bonds is 5. The molecular weight excluding hydrogens is 236 g/mol. The first-order valence-corrected chi connectivity index (χ1v) is 6.02. The van der Waals surface area contributed by atoms with E-state index in [0.717, 1.165) is 18.0 Å². The maximum atomic E-state index is 6.27. The zero-order valence-electron chi connectivity index (χ0n) is 11.2. The monoisotopic (exact) mass is 256 g/mol. The predicted molar refractivity (Wildman–Crippen MR) is 74.4 cm³/mol. The van der Waals surface area contributed by atoms with E-state index in [1.54, 1.807) is 7.11 Å². The molecule has 0 saturated heterocycles. The zero-order valence-corrected chi connectivity index (χ0v) is 11.9. The molecule has 96 valence electrons. The molecule has 0 aromatic heterocycles. The summed E-state index contributed by atoms with van der Waals surface area (Å²) >= 11 is 6.27. The Balaban J connectivity index is 3.00. The standard InChI is InChI=1S/C13H21ClN2O/c1-13(2,9-15-3)16(4)12-7-6-10(17-5)8-11(12)14/h6-8,15H,9H2,1-5H3. The van der Waals surface area contributed by atoms with Crippen molar-refractivity contribution < 1.29 is 4.74 Å². The summed E-state index contributed by atoms with van der Waals surface area (Å²) in [5.74, 6) is 0.776. The van der Waals surface area contributed by atoms with Crippen molar-refractivity contribution in [1.29, 1.82) is 0 Å². The van der Waals surface area contributed by atoms with Gasteiger partial charge in [-0.15, -0.1) is 0 Å². The number of halogens is 1. The number of likely N-dealkylation sites (N-methyl/N-ethyl adjacent to an activating group) is 2. The molecule has 0 amide bonds. The second kappa shape index (κ2) is 5.61.